The Labute approximate surface area is 112 Å². The van der Waals surface area contributed by atoms with Crippen molar-refractivity contribution < 1.29 is 4.39 Å². The number of benzene rings is 2. The Kier molecular flexibility index (Phi) is 4.59. The van der Waals surface area contributed by atoms with Crippen LogP contribution in [0.15, 0.2) is 48.5 Å². The van der Waals surface area contributed by atoms with Gasteiger partial charge in [0.2, 0.25) is 0 Å². The fourth-order valence-electron chi connectivity index (χ4n) is 1.78. The van der Waals surface area contributed by atoms with Crippen molar-refractivity contribution in [3.63, 3.8) is 0 Å². The first kappa shape index (κ1) is 12.9. The molecule has 0 fully saturated rings. The van der Waals surface area contributed by atoms with Crippen molar-refractivity contribution in [2.45, 2.75) is 12.8 Å². The highest BCUT2D eigenvalue weighted by molar-refractivity contribution is 6.30. The minimum absolute atomic E-state index is 0.157. The van der Waals surface area contributed by atoms with Crippen molar-refractivity contribution in [3.05, 3.63) is 64.9 Å². The minimum Gasteiger partial charge on any atom is -0.385 e. The first-order valence-corrected chi connectivity index (χ1v) is 6.36. The predicted octanol–water partition coefficient (Wildman–Crippen LogP) is 4.52. The summed E-state index contributed by atoms with van der Waals surface area (Å²) in [6, 6.07) is 15.1. The van der Waals surface area contributed by atoms with Crippen molar-refractivity contribution in [1.29, 1.82) is 0 Å². The second-order valence-corrected chi connectivity index (χ2v) is 4.55. The van der Waals surface area contributed by atoms with Crippen LogP contribution in [0.4, 0.5) is 10.1 Å². The Morgan fingerprint density at radius 1 is 1.06 bits per heavy atom. The molecule has 2 aromatic rings. The third-order valence-electron chi connectivity index (χ3n) is 2.73. The molecule has 0 spiro atoms. The number of hydrogen-bond donors (Lipinski definition) is 1. The second-order valence-electron chi connectivity index (χ2n) is 4.14. The lowest BCUT2D eigenvalue weighted by molar-refractivity contribution is 0.628. The van der Waals surface area contributed by atoms with Crippen molar-refractivity contribution in [2.75, 3.05) is 11.9 Å². The molecule has 0 saturated carbocycles. The second kappa shape index (κ2) is 6.41. The molecule has 0 amide bonds. The highest BCUT2D eigenvalue weighted by Gasteiger charge is 2.00. The van der Waals surface area contributed by atoms with Gasteiger partial charge in [0.25, 0.3) is 0 Å². The molecule has 0 aliphatic carbocycles. The van der Waals surface area contributed by atoms with Gasteiger partial charge in [-0.3, -0.25) is 0 Å². The van der Waals surface area contributed by atoms with Gasteiger partial charge in [-0.2, -0.15) is 0 Å². The van der Waals surface area contributed by atoms with Crippen LogP contribution in [0.25, 0.3) is 0 Å². The van der Waals surface area contributed by atoms with E-state index in [9.17, 15) is 4.39 Å². The monoisotopic (exact) mass is 263 g/mol. The molecule has 0 unspecified atom stereocenters. The molecule has 0 aliphatic heterocycles. The summed E-state index contributed by atoms with van der Waals surface area (Å²) in [4.78, 5) is 0. The summed E-state index contributed by atoms with van der Waals surface area (Å²) < 4.78 is 13.2. The fraction of sp³-hybridized carbons (Fsp3) is 0.200. The van der Waals surface area contributed by atoms with E-state index >= 15 is 0 Å². The molecule has 0 saturated heterocycles. The van der Waals surface area contributed by atoms with Gasteiger partial charge >= 0.3 is 0 Å². The molecule has 1 N–H and O–H groups in total. The van der Waals surface area contributed by atoms with Crippen LogP contribution in [0.5, 0.6) is 0 Å². The van der Waals surface area contributed by atoms with Crippen LogP contribution in [0.2, 0.25) is 5.02 Å². The number of aryl methyl sites for hydroxylation is 1. The maximum absolute atomic E-state index is 13.2. The molecule has 2 rings (SSSR count). The lowest BCUT2D eigenvalue weighted by Crippen LogP contribution is -2.03. The molecule has 1 nitrogen and oxygen atoms in total. The first-order chi connectivity index (χ1) is 8.75. The number of anilines is 1. The van der Waals surface area contributed by atoms with Crippen LogP contribution >= 0.6 is 11.6 Å². The molecule has 0 bridgehead atoms. The molecule has 2 aromatic carbocycles. The Bertz CT molecular complexity index is 499. The largest absolute Gasteiger partial charge is 0.385 e. The van der Waals surface area contributed by atoms with Gasteiger partial charge in [-0.1, -0.05) is 41.9 Å². The predicted molar refractivity (Wildman–Crippen MR) is 74.7 cm³/mol. The molecule has 0 radical (unpaired) electrons. The summed E-state index contributed by atoms with van der Waals surface area (Å²) in [6.45, 7) is 0.815. The summed E-state index contributed by atoms with van der Waals surface area (Å²) >= 11 is 5.62. The summed E-state index contributed by atoms with van der Waals surface area (Å²) in [5, 5.41) is 3.34. The maximum atomic E-state index is 13.2. The zero-order valence-electron chi connectivity index (χ0n) is 10.00. The van der Waals surface area contributed by atoms with E-state index < -0.39 is 0 Å². The van der Waals surface area contributed by atoms with Crippen molar-refractivity contribution >= 4 is 17.3 Å². The van der Waals surface area contributed by atoms with Crippen molar-refractivity contribution in [2.24, 2.45) is 0 Å². The number of rotatable bonds is 5. The zero-order valence-corrected chi connectivity index (χ0v) is 10.8. The van der Waals surface area contributed by atoms with Crippen LogP contribution in [0.1, 0.15) is 12.0 Å². The molecule has 0 aromatic heterocycles. The quantitative estimate of drug-likeness (QED) is 0.782. The van der Waals surface area contributed by atoms with Gasteiger partial charge in [0.15, 0.2) is 0 Å². The van der Waals surface area contributed by atoms with Gasteiger partial charge in [-0.05, 0) is 36.6 Å². The van der Waals surface area contributed by atoms with Gasteiger partial charge in [-0.15, -0.1) is 0 Å². The molecule has 0 aliphatic rings. The third kappa shape index (κ3) is 3.74. The van der Waals surface area contributed by atoms with E-state index in [2.05, 4.69) is 17.4 Å². The Morgan fingerprint density at radius 2 is 1.83 bits per heavy atom. The Morgan fingerprint density at radius 3 is 2.56 bits per heavy atom. The van der Waals surface area contributed by atoms with Gasteiger partial charge < -0.3 is 5.32 Å². The summed E-state index contributed by atoms with van der Waals surface area (Å²) in [5.74, 6) is -0.385. The summed E-state index contributed by atoms with van der Waals surface area (Å²) in [5.41, 5.74) is 2.09. The van der Waals surface area contributed by atoms with E-state index in [1.807, 2.05) is 18.2 Å². The lowest BCUT2D eigenvalue weighted by atomic mass is 10.1. The van der Waals surface area contributed by atoms with E-state index in [4.69, 9.17) is 11.6 Å². The summed E-state index contributed by atoms with van der Waals surface area (Å²) in [7, 11) is 0. The number of halogens is 2. The number of hydrogen-bond acceptors (Lipinski definition) is 1. The summed E-state index contributed by atoms with van der Waals surface area (Å²) in [6.07, 6.45) is 2.03. The molecule has 18 heavy (non-hydrogen) atoms. The van der Waals surface area contributed by atoms with E-state index in [0.29, 0.717) is 0 Å². The molecule has 0 heterocycles. The van der Waals surface area contributed by atoms with Crippen LogP contribution in [0, 0.1) is 5.82 Å². The van der Waals surface area contributed by atoms with E-state index in [1.54, 1.807) is 12.1 Å². The highest BCUT2D eigenvalue weighted by atomic mass is 35.5. The van der Waals surface area contributed by atoms with Gasteiger partial charge in [0.1, 0.15) is 5.82 Å². The van der Waals surface area contributed by atoms with E-state index in [1.165, 1.54) is 11.6 Å². The molecular formula is C15H15ClFN. The fourth-order valence-corrected chi connectivity index (χ4v) is 1.89. The van der Waals surface area contributed by atoms with E-state index in [0.717, 1.165) is 25.1 Å². The third-order valence-corrected chi connectivity index (χ3v) is 3.04. The standard InChI is InChI=1S/C15H15ClFN/c16-14-9-8-13(11-15(14)17)18-10-4-7-12-5-2-1-3-6-12/h1-3,5-6,8-9,11,18H,4,7,10H2. The Balaban J connectivity index is 1.77. The highest BCUT2D eigenvalue weighted by Crippen LogP contribution is 2.18. The smallest absolute Gasteiger partial charge is 0.143 e. The van der Waals surface area contributed by atoms with Crippen molar-refractivity contribution in [1.82, 2.24) is 0 Å². The SMILES string of the molecule is Fc1cc(NCCCc2ccccc2)ccc1Cl. The first-order valence-electron chi connectivity index (χ1n) is 5.98. The normalized spacial score (nSPS) is 10.3. The van der Waals surface area contributed by atoms with Crippen LogP contribution < -0.4 is 5.32 Å². The van der Waals surface area contributed by atoms with Gasteiger partial charge in [0, 0.05) is 12.2 Å². The van der Waals surface area contributed by atoms with E-state index in [-0.39, 0.29) is 10.8 Å². The molecule has 94 valence electrons. The minimum atomic E-state index is -0.385. The van der Waals surface area contributed by atoms with Gasteiger partial charge in [0.05, 0.1) is 5.02 Å². The average Bonchev–Trinajstić information content (AvgIpc) is 2.40. The molecule has 3 heteroatoms. The van der Waals surface area contributed by atoms with Crippen LogP contribution in [-0.4, -0.2) is 6.54 Å². The zero-order chi connectivity index (χ0) is 12.8. The van der Waals surface area contributed by atoms with Gasteiger partial charge in [-0.25, -0.2) is 4.39 Å². The molecule has 0 atom stereocenters. The maximum Gasteiger partial charge on any atom is 0.143 e. The van der Waals surface area contributed by atoms with Crippen molar-refractivity contribution in [3.8, 4) is 0 Å². The number of nitrogens with one attached hydrogen (secondary N) is 1. The lowest BCUT2D eigenvalue weighted by Gasteiger charge is -2.07. The van der Waals surface area contributed by atoms with Crippen LogP contribution in [-0.2, 0) is 6.42 Å². The molecular weight excluding hydrogens is 249 g/mol. The topological polar surface area (TPSA) is 12.0 Å². The Hall–Kier alpha value is -1.54. The van der Waals surface area contributed by atoms with Crippen LogP contribution in [0.3, 0.4) is 0 Å². The average molecular weight is 264 g/mol.